The second kappa shape index (κ2) is 8.55. The smallest absolute Gasteiger partial charge is 0.340 e. The first-order valence-corrected chi connectivity index (χ1v) is 9.40. The molecule has 2 aromatic heterocycles. The van der Waals surface area contributed by atoms with Gasteiger partial charge in [0.15, 0.2) is 6.61 Å². The van der Waals surface area contributed by atoms with Crippen LogP contribution < -0.4 is 5.32 Å². The third-order valence-electron chi connectivity index (χ3n) is 3.32. The summed E-state index contributed by atoms with van der Waals surface area (Å²) in [6.07, 6.45) is 1.73. The maximum Gasteiger partial charge on any atom is 0.340 e. The van der Waals surface area contributed by atoms with Gasteiger partial charge in [-0.3, -0.25) is 4.79 Å². The highest BCUT2D eigenvalue weighted by molar-refractivity contribution is 7.12. The third-order valence-corrected chi connectivity index (χ3v) is 5.04. The highest BCUT2D eigenvalue weighted by atomic mass is 32.1. The van der Waals surface area contributed by atoms with Crippen LogP contribution in [0.25, 0.3) is 11.6 Å². The molecular formula is C19H14FNO3S2. The van der Waals surface area contributed by atoms with E-state index in [1.807, 2.05) is 35.0 Å². The van der Waals surface area contributed by atoms with E-state index >= 15 is 0 Å². The average Bonchev–Trinajstić information content (AvgIpc) is 3.33. The molecule has 4 nitrogen and oxygen atoms in total. The molecule has 0 saturated carbocycles. The van der Waals surface area contributed by atoms with E-state index in [9.17, 15) is 14.0 Å². The summed E-state index contributed by atoms with van der Waals surface area (Å²) in [7, 11) is 0. The van der Waals surface area contributed by atoms with Crippen molar-refractivity contribution in [3.63, 3.8) is 0 Å². The first kappa shape index (κ1) is 18.0. The van der Waals surface area contributed by atoms with Crippen molar-refractivity contribution in [1.82, 2.24) is 0 Å². The van der Waals surface area contributed by atoms with Gasteiger partial charge in [0, 0.05) is 9.75 Å². The number of thiophene rings is 2. The lowest BCUT2D eigenvalue weighted by molar-refractivity contribution is -0.141. The molecule has 0 aliphatic heterocycles. The summed E-state index contributed by atoms with van der Waals surface area (Å²) in [4.78, 5) is 26.0. The van der Waals surface area contributed by atoms with Crippen LogP contribution in [0.4, 0.5) is 10.1 Å². The Kier molecular flexibility index (Phi) is 5.93. The first-order chi connectivity index (χ1) is 12.6. The van der Waals surface area contributed by atoms with E-state index in [0.29, 0.717) is 5.57 Å². The predicted molar refractivity (Wildman–Crippen MR) is 102 cm³/mol. The summed E-state index contributed by atoms with van der Waals surface area (Å²) in [6.45, 7) is -0.500. The van der Waals surface area contributed by atoms with Crippen molar-refractivity contribution in [3.8, 4) is 0 Å². The van der Waals surface area contributed by atoms with Crippen molar-refractivity contribution in [1.29, 1.82) is 0 Å². The van der Waals surface area contributed by atoms with E-state index in [2.05, 4.69) is 5.32 Å². The van der Waals surface area contributed by atoms with Gasteiger partial charge in [0.1, 0.15) is 5.82 Å². The molecule has 0 unspecified atom stereocenters. The van der Waals surface area contributed by atoms with Crippen molar-refractivity contribution in [3.05, 3.63) is 74.9 Å². The summed E-state index contributed by atoms with van der Waals surface area (Å²) in [5.74, 6) is -1.77. The Balaban J connectivity index is 1.67. The van der Waals surface area contributed by atoms with Gasteiger partial charge in [-0.1, -0.05) is 24.3 Å². The Morgan fingerprint density at radius 2 is 1.81 bits per heavy atom. The molecule has 0 spiro atoms. The molecule has 0 aliphatic carbocycles. The zero-order valence-corrected chi connectivity index (χ0v) is 15.1. The molecule has 3 aromatic rings. The Bertz CT molecular complexity index is 918. The van der Waals surface area contributed by atoms with E-state index in [1.54, 1.807) is 12.1 Å². The number of benzene rings is 1. The van der Waals surface area contributed by atoms with Gasteiger partial charge >= 0.3 is 5.97 Å². The number of halogens is 1. The van der Waals surface area contributed by atoms with Crippen LogP contribution >= 0.6 is 22.7 Å². The van der Waals surface area contributed by atoms with E-state index in [4.69, 9.17) is 4.74 Å². The van der Waals surface area contributed by atoms with Crippen LogP contribution in [0.15, 0.2) is 59.3 Å². The third kappa shape index (κ3) is 4.65. The highest BCUT2D eigenvalue weighted by Crippen LogP contribution is 2.25. The molecule has 1 amide bonds. The van der Waals surface area contributed by atoms with Gasteiger partial charge in [0.25, 0.3) is 5.91 Å². The summed E-state index contributed by atoms with van der Waals surface area (Å²) in [5, 5.41) is 6.14. The molecule has 0 bridgehead atoms. The van der Waals surface area contributed by atoms with Crippen molar-refractivity contribution >= 4 is 51.9 Å². The number of ether oxygens (including phenoxy) is 1. The Hall–Kier alpha value is -2.77. The number of amides is 1. The second-order valence-electron chi connectivity index (χ2n) is 5.15. The molecular weight excluding hydrogens is 373 g/mol. The standard InChI is InChI=1S/C19H14FNO3S2/c20-15-6-1-2-7-16(15)21-18(22)12-24-19(23)14(17-8-4-10-26-17)11-13-5-3-9-25-13/h1-11H,12H2,(H,21,22)/b14-11+. The van der Waals surface area contributed by atoms with Crippen LogP contribution in [-0.4, -0.2) is 18.5 Å². The highest BCUT2D eigenvalue weighted by Gasteiger charge is 2.17. The number of esters is 1. The minimum atomic E-state index is -0.607. The van der Waals surface area contributed by atoms with Crippen molar-refractivity contribution in [2.45, 2.75) is 0 Å². The fraction of sp³-hybridized carbons (Fsp3) is 0.0526. The van der Waals surface area contributed by atoms with Gasteiger partial charge < -0.3 is 10.1 Å². The fourth-order valence-electron chi connectivity index (χ4n) is 2.14. The van der Waals surface area contributed by atoms with Gasteiger partial charge in [-0.25, -0.2) is 9.18 Å². The molecule has 1 aromatic carbocycles. The van der Waals surface area contributed by atoms with E-state index in [0.717, 1.165) is 9.75 Å². The summed E-state index contributed by atoms with van der Waals surface area (Å²) in [5.41, 5.74) is 0.419. The van der Waals surface area contributed by atoms with Gasteiger partial charge in [-0.2, -0.15) is 0 Å². The average molecular weight is 387 g/mol. The van der Waals surface area contributed by atoms with E-state index < -0.39 is 24.3 Å². The predicted octanol–water partition coefficient (Wildman–Crippen LogP) is 4.67. The molecule has 0 atom stereocenters. The number of rotatable bonds is 6. The number of hydrogen-bond donors (Lipinski definition) is 1. The lowest BCUT2D eigenvalue weighted by Gasteiger charge is -2.08. The minimum Gasteiger partial charge on any atom is -0.452 e. The quantitative estimate of drug-likeness (QED) is 0.494. The molecule has 7 heteroatoms. The van der Waals surface area contributed by atoms with E-state index in [1.165, 1.54) is 40.9 Å². The SMILES string of the molecule is O=C(COC(=O)/C(=C/c1cccs1)c1cccs1)Nc1ccccc1F. The Morgan fingerprint density at radius 1 is 1.04 bits per heavy atom. The largest absolute Gasteiger partial charge is 0.452 e. The first-order valence-electron chi connectivity index (χ1n) is 7.64. The monoisotopic (exact) mass is 387 g/mol. The van der Waals surface area contributed by atoms with Gasteiger partial charge in [0.2, 0.25) is 0 Å². The summed E-state index contributed by atoms with van der Waals surface area (Å²) < 4.78 is 18.7. The Morgan fingerprint density at radius 3 is 2.50 bits per heavy atom. The summed E-state index contributed by atoms with van der Waals surface area (Å²) in [6, 6.07) is 13.2. The van der Waals surface area contributed by atoms with Crippen LogP contribution in [-0.2, 0) is 14.3 Å². The van der Waals surface area contributed by atoms with Crippen LogP contribution in [0, 0.1) is 5.82 Å². The maximum absolute atomic E-state index is 13.5. The van der Waals surface area contributed by atoms with Crippen molar-refractivity contribution < 1.29 is 18.7 Å². The van der Waals surface area contributed by atoms with Gasteiger partial charge in [-0.15, -0.1) is 22.7 Å². The molecule has 1 N–H and O–H groups in total. The van der Waals surface area contributed by atoms with Crippen LogP contribution in [0.5, 0.6) is 0 Å². The zero-order chi connectivity index (χ0) is 18.4. The molecule has 0 saturated heterocycles. The van der Waals surface area contributed by atoms with Crippen LogP contribution in [0.2, 0.25) is 0 Å². The molecule has 0 aliphatic rings. The number of carbonyl (C=O) groups excluding carboxylic acids is 2. The minimum absolute atomic E-state index is 0.0427. The topological polar surface area (TPSA) is 55.4 Å². The molecule has 2 heterocycles. The molecule has 0 fully saturated rings. The molecule has 0 radical (unpaired) electrons. The van der Waals surface area contributed by atoms with E-state index in [-0.39, 0.29) is 5.69 Å². The number of carbonyl (C=O) groups is 2. The number of anilines is 1. The normalized spacial score (nSPS) is 11.2. The zero-order valence-electron chi connectivity index (χ0n) is 13.5. The van der Waals surface area contributed by atoms with Gasteiger partial charge in [-0.05, 0) is 41.1 Å². The van der Waals surface area contributed by atoms with Crippen molar-refractivity contribution in [2.24, 2.45) is 0 Å². The molecule has 132 valence electrons. The Labute approximate surface area is 157 Å². The number of para-hydroxylation sites is 1. The molecule has 26 heavy (non-hydrogen) atoms. The number of nitrogens with one attached hydrogen (secondary N) is 1. The van der Waals surface area contributed by atoms with Crippen LogP contribution in [0.3, 0.4) is 0 Å². The second-order valence-corrected chi connectivity index (χ2v) is 7.08. The lowest BCUT2D eigenvalue weighted by Crippen LogP contribution is -2.21. The molecule has 3 rings (SSSR count). The maximum atomic E-state index is 13.5. The summed E-state index contributed by atoms with van der Waals surface area (Å²) >= 11 is 2.90. The number of hydrogen-bond acceptors (Lipinski definition) is 5. The van der Waals surface area contributed by atoms with Crippen LogP contribution in [0.1, 0.15) is 9.75 Å². The fourth-order valence-corrected chi connectivity index (χ4v) is 3.52. The van der Waals surface area contributed by atoms with Gasteiger partial charge in [0.05, 0.1) is 11.3 Å². The lowest BCUT2D eigenvalue weighted by atomic mass is 10.2. The van der Waals surface area contributed by atoms with Crippen molar-refractivity contribution in [2.75, 3.05) is 11.9 Å².